The molecule has 2 aromatic rings. The zero-order valence-corrected chi connectivity index (χ0v) is 19.4. The van der Waals surface area contributed by atoms with Gasteiger partial charge >= 0.3 is 0 Å². The third-order valence-corrected chi connectivity index (χ3v) is 6.99. The number of nitrogens with one attached hydrogen (secondary N) is 1. The van der Waals surface area contributed by atoms with Crippen molar-refractivity contribution in [1.82, 2.24) is 15.1 Å². The van der Waals surface area contributed by atoms with Gasteiger partial charge in [0.2, 0.25) is 5.91 Å². The molecular weight excluding hydrogens is 417 g/mol. The van der Waals surface area contributed by atoms with Gasteiger partial charge in [0.15, 0.2) is 0 Å². The largest absolute Gasteiger partial charge is 0.355 e. The molecule has 0 bridgehead atoms. The summed E-state index contributed by atoms with van der Waals surface area (Å²) in [6, 6.07) is 14.1. The van der Waals surface area contributed by atoms with Crippen LogP contribution in [0.15, 0.2) is 48.5 Å². The Morgan fingerprint density at radius 2 is 1.70 bits per heavy atom. The lowest BCUT2D eigenvalue weighted by atomic mass is 9.83. The number of nitrogens with zero attached hydrogens (tertiary/aromatic N) is 2. The highest BCUT2D eigenvalue weighted by molar-refractivity contribution is 5.94. The van der Waals surface area contributed by atoms with Gasteiger partial charge in [-0.05, 0) is 74.2 Å². The van der Waals surface area contributed by atoms with Crippen LogP contribution in [0.1, 0.15) is 53.6 Å². The van der Waals surface area contributed by atoms with Crippen molar-refractivity contribution in [2.45, 2.75) is 38.5 Å². The van der Waals surface area contributed by atoms with Crippen LogP contribution < -0.4 is 5.32 Å². The summed E-state index contributed by atoms with van der Waals surface area (Å²) < 4.78 is 13.4. The van der Waals surface area contributed by atoms with E-state index < -0.39 is 0 Å². The van der Waals surface area contributed by atoms with E-state index in [1.165, 1.54) is 42.7 Å². The number of piperidine rings is 1. The Labute approximate surface area is 196 Å². The number of amides is 2. The second-order valence-corrected chi connectivity index (χ2v) is 9.28. The van der Waals surface area contributed by atoms with Crippen molar-refractivity contribution in [2.75, 3.05) is 39.3 Å². The smallest absolute Gasteiger partial charge is 0.253 e. The highest BCUT2D eigenvalue weighted by Crippen LogP contribution is 2.31. The first-order valence-corrected chi connectivity index (χ1v) is 12.2. The van der Waals surface area contributed by atoms with Gasteiger partial charge in [-0.3, -0.25) is 9.59 Å². The monoisotopic (exact) mass is 451 g/mol. The van der Waals surface area contributed by atoms with Gasteiger partial charge in [0, 0.05) is 37.7 Å². The number of carbonyl (C=O) groups is 2. The minimum Gasteiger partial charge on any atom is -0.355 e. The molecule has 0 spiro atoms. The summed E-state index contributed by atoms with van der Waals surface area (Å²) in [5.41, 5.74) is 2.87. The highest BCUT2D eigenvalue weighted by Gasteiger charge is 2.35. The van der Waals surface area contributed by atoms with Crippen molar-refractivity contribution in [3.8, 4) is 0 Å². The first-order valence-electron chi connectivity index (χ1n) is 12.2. The van der Waals surface area contributed by atoms with E-state index in [1.807, 2.05) is 0 Å². The molecule has 2 saturated heterocycles. The molecular formula is C27H34FN3O2. The van der Waals surface area contributed by atoms with E-state index in [9.17, 15) is 14.0 Å². The number of aryl methyl sites for hydroxylation is 1. The van der Waals surface area contributed by atoms with E-state index in [0.717, 1.165) is 31.6 Å². The Kier molecular flexibility index (Phi) is 7.76. The van der Waals surface area contributed by atoms with Crippen molar-refractivity contribution in [3.63, 3.8) is 0 Å². The maximum Gasteiger partial charge on any atom is 0.253 e. The molecule has 5 nitrogen and oxygen atoms in total. The molecule has 2 unspecified atom stereocenters. The first-order chi connectivity index (χ1) is 16.0. The van der Waals surface area contributed by atoms with Crippen molar-refractivity contribution < 1.29 is 14.0 Å². The molecule has 2 heterocycles. The summed E-state index contributed by atoms with van der Waals surface area (Å²) in [7, 11) is 0. The third-order valence-electron chi connectivity index (χ3n) is 6.99. The van der Waals surface area contributed by atoms with Crippen LogP contribution in [0.3, 0.4) is 0 Å². The predicted molar refractivity (Wildman–Crippen MR) is 128 cm³/mol. The number of halogens is 1. The topological polar surface area (TPSA) is 52.7 Å². The summed E-state index contributed by atoms with van der Waals surface area (Å²) >= 11 is 0. The summed E-state index contributed by atoms with van der Waals surface area (Å²) in [6.45, 7) is 6.79. The molecule has 2 amide bonds. The standard InChI is InChI=1S/C27H34FN3O2/c1-2-20-5-7-21(8-6-20)23-17-24(26(32)29-13-16-30-14-3-4-15-30)19-31(18-23)27(33)22-9-11-25(28)12-10-22/h5-12,23-24H,2-4,13-19H2,1H3,(H,29,32). The van der Waals surface area contributed by atoms with E-state index in [1.54, 1.807) is 4.90 Å². The lowest BCUT2D eigenvalue weighted by Crippen LogP contribution is -2.48. The quantitative estimate of drug-likeness (QED) is 0.696. The van der Waals surface area contributed by atoms with Crippen molar-refractivity contribution >= 4 is 11.8 Å². The summed E-state index contributed by atoms with van der Waals surface area (Å²) in [5, 5.41) is 3.11. The van der Waals surface area contributed by atoms with E-state index in [2.05, 4.69) is 41.4 Å². The Bertz CT molecular complexity index is 939. The summed E-state index contributed by atoms with van der Waals surface area (Å²) in [6.07, 6.45) is 4.15. The molecule has 33 heavy (non-hydrogen) atoms. The van der Waals surface area contributed by atoms with Crippen LogP contribution in [0.2, 0.25) is 0 Å². The lowest BCUT2D eigenvalue weighted by Gasteiger charge is -2.37. The van der Waals surface area contributed by atoms with Crippen LogP contribution in [0, 0.1) is 11.7 Å². The van der Waals surface area contributed by atoms with Gasteiger partial charge in [0.05, 0.1) is 5.92 Å². The average molecular weight is 452 g/mol. The number of hydrogen-bond acceptors (Lipinski definition) is 3. The molecule has 2 aliphatic heterocycles. The summed E-state index contributed by atoms with van der Waals surface area (Å²) in [4.78, 5) is 30.4. The van der Waals surface area contributed by atoms with Gasteiger partial charge in [-0.15, -0.1) is 0 Å². The van der Waals surface area contributed by atoms with Crippen LogP contribution in [0.25, 0.3) is 0 Å². The molecule has 0 radical (unpaired) electrons. The molecule has 2 fully saturated rings. The fourth-order valence-corrected chi connectivity index (χ4v) is 4.98. The fourth-order valence-electron chi connectivity index (χ4n) is 4.98. The van der Waals surface area contributed by atoms with Crippen LogP contribution in [-0.2, 0) is 11.2 Å². The van der Waals surface area contributed by atoms with Gasteiger partial charge in [0.25, 0.3) is 5.91 Å². The molecule has 2 aromatic carbocycles. The molecule has 176 valence electrons. The van der Waals surface area contributed by atoms with Gasteiger partial charge in [-0.1, -0.05) is 31.2 Å². The Morgan fingerprint density at radius 1 is 1.00 bits per heavy atom. The minimum absolute atomic E-state index is 0.0148. The lowest BCUT2D eigenvalue weighted by molar-refractivity contribution is -0.126. The molecule has 0 aliphatic carbocycles. The van der Waals surface area contributed by atoms with E-state index in [4.69, 9.17) is 0 Å². The normalized spacial score (nSPS) is 21.2. The predicted octanol–water partition coefficient (Wildman–Crippen LogP) is 3.85. The average Bonchev–Trinajstić information content (AvgIpc) is 3.37. The third kappa shape index (κ3) is 5.99. The maximum absolute atomic E-state index is 13.4. The Balaban J connectivity index is 1.47. The Morgan fingerprint density at radius 3 is 2.36 bits per heavy atom. The summed E-state index contributed by atoms with van der Waals surface area (Å²) in [5.74, 6) is -0.684. The fraction of sp³-hybridized carbons (Fsp3) is 0.481. The zero-order valence-electron chi connectivity index (χ0n) is 19.4. The number of benzene rings is 2. The first kappa shape index (κ1) is 23.4. The molecule has 1 N–H and O–H groups in total. The molecule has 2 atom stereocenters. The van der Waals surface area contributed by atoms with Crippen LogP contribution in [0.4, 0.5) is 4.39 Å². The maximum atomic E-state index is 13.4. The van der Waals surface area contributed by atoms with Crippen molar-refractivity contribution in [1.29, 1.82) is 0 Å². The van der Waals surface area contributed by atoms with E-state index in [0.29, 0.717) is 31.6 Å². The van der Waals surface area contributed by atoms with Crippen molar-refractivity contribution in [2.24, 2.45) is 5.92 Å². The number of carbonyl (C=O) groups excluding carboxylic acids is 2. The number of rotatable bonds is 7. The SMILES string of the molecule is CCc1ccc(C2CC(C(=O)NCCN3CCCC3)CN(C(=O)c3ccc(F)cc3)C2)cc1. The van der Waals surface area contributed by atoms with Crippen LogP contribution in [-0.4, -0.2) is 60.9 Å². The molecule has 4 rings (SSSR count). The van der Waals surface area contributed by atoms with Gasteiger partial charge < -0.3 is 15.1 Å². The molecule has 2 aliphatic rings. The second-order valence-electron chi connectivity index (χ2n) is 9.28. The highest BCUT2D eigenvalue weighted by atomic mass is 19.1. The van der Waals surface area contributed by atoms with Gasteiger partial charge in [-0.25, -0.2) is 4.39 Å². The number of likely N-dealkylation sites (tertiary alicyclic amines) is 2. The van der Waals surface area contributed by atoms with Gasteiger partial charge in [0.1, 0.15) is 5.82 Å². The van der Waals surface area contributed by atoms with Gasteiger partial charge in [-0.2, -0.15) is 0 Å². The molecule has 0 aromatic heterocycles. The second kappa shape index (κ2) is 10.9. The van der Waals surface area contributed by atoms with Crippen molar-refractivity contribution in [3.05, 3.63) is 71.0 Å². The van der Waals surface area contributed by atoms with Crippen LogP contribution in [0.5, 0.6) is 0 Å². The minimum atomic E-state index is -0.366. The molecule has 6 heteroatoms. The number of hydrogen-bond donors (Lipinski definition) is 1. The van der Waals surface area contributed by atoms with E-state index >= 15 is 0 Å². The molecule has 0 saturated carbocycles. The van der Waals surface area contributed by atoms with Crippen LogP contribution >= 0.6 is 0 Å². The zero-order chi connectivity index (χ0) is 23.2. The Hall–Kier alpha value is -2.73. The van der Waals surface area contributed by atoms with E-state index in [-0.39, 0.29) is 29.5 Å².